The van der Waals surface area contributed by atoms with Gasteiger partial charge in [-0.05, 0) is 80.0 Å². The van der Waals surface area contributed by atoms with Crippen molar-refractivity contribution in [2.24, 2.45) is 0 Å². The molecule has 0 spiro atoms. The van der Waals surface area contributed by atoms with Crippen LogP contribution in [0.3, 0.4) is 0 Å². The number of anilines is 2. The van der Waals surface area contributed by atoms with Crippen LogP contribution in [0.4, 0.5) is 11.4 Å². The Hall–Kier alpha value is -3.45. The van der Waals surface area contributed by atoms with E-state index in [0.717, 1.165) is 35.9 Å². The van der Waals surface area contributed by atoms with Gasteiger partial charge in [0, 0.05) is 23.9 Å². The van der Waals surface area contributed by atoms with Gasteiger partial charge in [0.15, 0.2) is 5.11 Å². The molecule has 2 aliphatic rings. The van der Waals surface area contributed by atoms with Crippen molar-refractivity contribution in [1.29, 1.82) is 0 Å². The fraction of sp³-hybridized carbons (Fsp3) is 0.296. The van der Waals surface area contributed by atoms with Gasteiger partial charge in [-0.3, -0.25) is 14.5 Å². The van der Waals surface area contributed by atoms with Gasteiger partial charge in [0.1, 0.15) is 6.04 Å². The fourth-order valence-corrected chi connectivity index (χ4v) is 5.22. The normalized spacial score (nSPS) is 18.5. The lowest BCUT2D eigenvalue weighted by Gasteiger charge is -2.25. The first-order valence-electron chi connectivity index (χ1n) is 11.8. The molecule has 34 heavy (non-hydrogen) atoms. The van der Waals surface area contributed by atoms with Crippen molar-refractivity contribution in [3.63, 3.8) is 0 Å². The third kappa shape index (κ3) is 4.61. The Morgan fingerprint density at radius 1 is 1.12 bits per heavy atom. The molecule has 2 aromatic carbocycles. The molecule has 2 heterocycles. The number of fused-ring (bicyclic) bond motifs is 1. The summed E-state index contributed by atoms with van der Waals surface area (Å²) in [6.07, 6.45) is 9.76. The maximum Gasteiger partial charge on any atom is 0.256 e. The summed E-state index contributed by atoms with van der Waals surface area (Å²) in [7, 11) is 0. The average molecular weight is 473 g/mol. The summed E-state index contributed by atoms with van der Waals surface area (Å²) >= 11 is 5.77. The Bertz CT molecular complexity index is 1250. The van der Waals surface area contributed by atoms with Crippen molar-refractivity contribution in [3.8, 4) is 0 Å². The maximum absolute atomic E-state index is 13.5. The number of nitrogens with zero attached hydrogens (tertiary/aromatic N) is 2. The molecule has 1 atom stereocenters. The number of carbonyl (C=O) groups is 2. The first-order valence-corrected chi connectivity index (χ1v) is 12.3. The van der Waals surface area contributed by atoms with Crippen molar-refractivity contribution >= 4 is 51.4 Å². The van der Waals surface area contributed by atoms with Crippen LogP contribution in [0.2, 0.25) is 0 Å². The number of H-pyrrole nitrogens is 1. The molecule has 1 aliphatic heterocycles. The van der Waals surface area contributed by atoms with Crippen LogP contribution in [-0.2, 0) is 9.59 Å². The summed E-state index contributed by atoms with van der Waals surface area (Å²) in [5.74, 6) is -0.354. The molecule has 1 aliphatic carbocycles. The van der Waals surface area contributed by atoms with Crippen molar-refractivity contribution < 1.29 is 9.59 Å². The lowest BCUT2D eigenvalue weighted by molar-refractivity contribution is -0.124. The second-order valence-corrected chi connectivity index (χ2v) is 9.26. The van der Waals surface area contributed by atoms with Crippen LogP contribution in [0.15, 0.2) is 72.4 Å². The van der Waals surface area contributed by atoms with Crippen LogP contribution < -0.4 is 10.2 Å². The summed E-state index contributed by atoms with van der Waals surface area (Å²) in [5, 5.41) is 4.51. The molecule has 2 N–H and O–H groups in total. The predicted molar refractivity (Wildman–Crippen MR) is 140 cm³/mol. The molecular formula is C27H28N4O2S. The minimum absolute atomic E-state index is 0.0458. The van der Waals surface area contributed by atoms with E-state index in [1.165, 1.54) is 18.4 Å². The highest BCUT2D eigenvalue weighted by molar-refractivity contribution is 7.80. The zero-order chi connectivity index (χ0) is 23.5. The Morgan fingerprint density at radius 2 is 1.97 bits per heavy atom. The maximum atomic E-state index is 13.5. The molecule has 1 unspecified atom stereocenters. The number of hydrogen-bond donors (Lipinski definition) is 2. The molecule has 7 heteroatoms. The Balaban J connectivity index is 1.34. The molecule has 1 aromatic heterocycles. The van der Waals surface area contributed by atoms with Gasteiger partial charge < -0.3 is 15.2 Å². The number of rotatable bonds is 7. The monoisotopic (exact) mass is 472 g/mol. The lowest BCUT2D eigenvalue weighted by atomic mass is 9.97. The molecule has 1 fully saturated rings. The molecule has 0 saturated carbocycles. The van der Waals surface area contributed by atoms with E-state index in [0.29, 0.717) is 17.3 Å². The van der Waals surface area contributed by atoms with Crippen LogP contribution in [-0.4, -0.2) is 39.4 Å². The number of hydrogen-bond acceptors (Lipinski definition) is 3. The summed E-state index contributed by atoms with van der Waals surface area (Å²) < 4.78 is 0. The third-order valence-corrected chi connectivity index (χ3v) is 7.03. The second-order valence-electron chi connectivity index (χ2n) is 8.89. The van der Waals surface area contributed by atoms with E-state index in [4.69, 9.17) is 12.2 Å². The van der Waals surface area contributed by atoms with E-state index in [-0.39, 0.29) is 18.2 Å². The number of benzene rings is 2. The number of aromatic nitrogens is 1. The second kappa shape index (κ2) is 9.81. The molecule has 0 bridgehead atoms. The van der Waals surface area contributed by atoms with E-state index in [1.54, 1.807) is 4.90 Å². The summed E-state index contributed by atoms with van der Waals surface area (Å²) in [6.45, 7) is 0.631. The van der Waals surface area contributed by atoms with Crippen molar-refractivity contribution in [2.45, 2.75) is 44.6 Å². The summed E-state index contributed by atoms with van der Waals surface area (Å²) in [5.41, 5.74) is 3.81. The Morgan fingerprint density at radius 3 is 2.76 bits per heavy atom. The first kappa shape index (κ1) is 22.3. The highest BCUT2D eigenvalue weighted by atomic mass is 32.1. The zero-order valence-corrected chi connectivity index (χ0v) is 19.8. The molecule has 6 nitrogen and oxygen atoms in total. The van der Waals surface area contributed by atoms with Gasteiger partial charge in [-0.1, -0.05) is 35.9 Å². The Kier molecular flexibility index (Phi) is 6.45. The lowest BCUT2D eigenvalue weighted by Crippen LogP contribution is -2.38. The van der Waals surface area contributed by atoms with Crippen molar-refractivity contribution in [2.75, 3.05) is 16.8 Å². The van der Waals surface area contributed by atoms with Crippen molar-refractivity contribution in [3.05, 3.63) is 72.4 Å². The minimum Gasteiger partial charge on any atom is -0.361 e. The largest absolute Gasteiger partial charge is 0.361 e. The molecule has 5 rings (SSSR count). The third-order valence-electron chi connectivity index (χ3n) is 6.61. The SMILES string of the molecule is O=C(CC1C(=O)N(c2ccccc2)C(=S)N1CCC1=CCCCC1)Nc1ccc2cc[nH]c2c1. The quantitative estimate of drug-likeness (QED) is 0.357. The van der Waals surface area contributed by atoms with Gasteiger partial charge in [0.25, 0.3) is 5.91 Å². The smallest absolute Gasteiger partial charge is 0.256 e. The summed E-state index contributed by atoms with van der Waals surface area (Å²) in [6, 6.07) is 16.5. The van der Waals surface area contributed by atoms with Crippen LogP contribution in [0.1, 0.15) is 38.5 Å². The fourth-order valence-electron chi connectivity index (χ4n) is 4.81. The van der Waals surface area contributed by atoms with E-state index in [1.807, 2.05) is 65.7 Å². The van der Waals surface area contributed by atoms with Gasteiger partial charge in [-0.15, -0.1) is 0 Å². The van der Waals surface area contributed by atoms with Gasteiger partial charge in [0.05, 0.1) is 12.1 Å². The number of amides is 2. The molecule has 3 aromatic rings. The van der Waals surface area contributed by atoms with Crippen LogP contribution in [0.5, 0.6) is 0 Å². The number of carbonyl (C=O) groups excluding carboxylic acids is 2. The zero-order valence-electron chi connectivity index (χ0n) is 19.0. The van der Waals surface area contributed by atoms with E-state index in [2.05, 4.69) is 16.4 Å². The van der Waals surface area contributed by atoms with E-state index < -0.39 is 6.04 Å². The first-order chi connectivity index (χ1) is 16.6. The number of allylic oxidation sites excluding steroid dienone is 1. The van der Waals surface area contributed by atoms with Crippen LogP contribution in [0.25, 0.3) is 10.9 Å². The van der Waals surface area contributed by atoms with Crippen LogP contribution >= 0.6 is 12.2 Å². The summed E-state index contributed by atoms with van der Waals surface area (Å²) in [4.78, 5) is 33.2. The highest BCUT2D eigenvalue weighted by Gasteiger charge is 2.43. The molecule has 174 valence electrons. The van der Waals surface area contributed by atoms with E-state index >= 15 is 0 Å². The predicted octanol–water partition coefficient (Wildman–Crippen LogP) is 5.39. The minimum atomic E-state index is -0.619. The molecule has 2 amide bonds. The topological polar surface area (TPSA) is 68.4 Å². The number of nitrogens with one attached hydrogen (secondary N) is 2. The average Bonchev–Trinajstić information content (AvgIpc) is 3.41. The molecule has 1 saturated heterocycles. The van der Waals surface area contributed by atoms with Gasteiger partial charge in [0.2, 0.25) is 5.91 Å². The Labute approximate surface area is 204 Å². The van der Waals surface area contributed by atoms with Gasteiger partial charge in [-0.2, -0.15) is 0 Å². The number of para-hydroxylation sites is 1. The molecule has 0 radical (unpaired) electrons. The van der Waals surface area contributed by atoms with Gasteiger partial charge in [-0.25, -0.2) is 0 Å². The number of aromatic amines is 1. The van der Waals surface area contributed by atoms with Gasteiger partial charge >= 0.3 is 0 Å². The van der Waals surface area contributed by atoms with Crippen LogP contribution in [0, 0.1) is 0 Å². The van der Waals surface area contributed by atoms with E-state index in [9.17, 15) is 9.59 Å². The molecular weight excluding hydrogens is 444 g/mol. The highest BCUT2D eigenvalue weighted by Crippen LogP contribution is 2.29. The van der Waals surface area contributed by atoms with Crippen molar-refractivity contribution in [1.82, 2.24) is 9.88 Å². The standard InChI is InChI=1S/C27H28N4O2S/c32-25(29-21-12-11-20-13-15-28-23(20)17-21)18-24-26(33)31(22-9-5-2-6-10-22)27(34)30(24)16-14-19-7-3-1-4-8-19/h2,5-7,9-13,15,17,24,28H,1,3-4,8,14,16,18H2,(H,29,32). The number of thiocarbonyl (C=S) groups is 1.